The molecule has 0 saturated heterocycles. The molecule has 0 fully saturated rings. The fourth-order valence-electron chi connectivity index (χ4n) is 3.89. The average Bonchev–Trinajstić information content (AvgIpc) is 2.67. The SMILES string of the molecule is CCc1c(C)nc2n(c1=O)CC(C(=O)N1CCc3ccccc3C1)CS2. The van der Waals surface area contributed by atoms with Crippen LogP contribution in [0.1, 0.15) is 29.3 Å². The number of carbonyl (C=O) groups is 1. The van der Waals surface area contributed by atoms with Crippen LogP contribution in [-0.2, 0) is 30.7 Å². The van der Waals surface area contributed by atoms with Gasteiger partial charge in [-0.3, -0.25) is 14.2 Å². The summed E-state index contributed by atoms with van der Waals surface area (Å²) in [6.45, 7) is 5.74. The molecule has 0 spiro atoms. The van der Waals surface area contributed by atoms with Gasteiger partial charge < -0.3 is 4.90 Å². The number of aromatic nitrogens is 2. The molecule has 4 rings (SSSR count). The number of nitrogens with zero attached hydrogens (tertiary/aromatic N) is 3. The van der Waals surface area contributed by atoms with Crippen LogP contribution in [0.2, 0.25) is 0 Å². The summed E-state index contributed by atoms with van der Waals surface area (Å²) in [4.78, 5) is 32.4. The summed E-state index contributed by atoms with van der Waals surface area (Å²) in [5.41, 5.74) is 4.16. The molecule has 1 amide bonds. The molecule has 26 heavy (non-hydrogen) atoms. The number of amides is 1. The topological polar surface area (TPSA) is 55.2 Å². The number of rotatable bonds is 2. The molecule has 1 atom stereocenters. The standard InChI is InChI=1S/C20H23N3O2S/c1-3-17-13(2)21-20-23(19(17)25)11-16(12-26-20)18(24)22-9-8-14-6-4-5-7-15(14)10-22/h4-7,16H,3,8-12H2,1-2H3. The summed E-state index contributed by atoms with van der Waals surface area (Å²) in [5, 5.41) is 0.748. The van der Waals surface area contributed by atoms with Crippen molar-refractivity contribution >= 4 is 17.7 Å². The summed E-state index contributed by atoms with van der Waals surface area (Å²) >= 11 is 1.53. The molecule has 2 aromatic rings. The van der Waals surface area contributed by atoms with Crippen molar-refractivity contribution in [2.75, 3.05) is 12.3 Å². The van der Waals surface area contributed by atoms with Crippen molar-refractivity contribution in [3.8, 4) is 0 Å². The highest BCUT2D eigenvalue weighted by Gasteiger charge is 2.32. The number of aryl methyl sites for hydroxylation is 1. The lowest BCUT2D eigenvalue weighted by molar-refractivity contribution is -0.136. The normalized spacial score (nSPS) is 19.0. The predicted octanol–water partition coefficient (Wildman–Crippen LogP) is 2.42. The monoisotopic (exact) mass is 369 g/mol. The molecule has 0 radical (unpaired) electrons. The lowest BCUT2D eigenvalue weighted by atomic mass is 9.98. The minimum absolute atomic E-state index is 0.0176. The van der Waals surface area contributed by atoms with Gasteiger partial charge in [0.05, 0.1) is 5.92 Å². The summed E-state index contributed by atoms with van der Waals surface area (Å²) in [6.07, 6.45) is 1.57. The molecule has 1 unspecified atom stereocenters. The first-order valence-corrected chi connectivity index (χ1v) is 10.2. The maximum atomic E-state index is 13.1. The van der Waals surface area contributed by atoms with Gasteiger partial charge in [-0.2, -0.15) is 0 Å². The number of benzene rings is 1. The van der Waals surface area contributed by atoms with Gasteiger partial charge >= 0.3 is 0 Å². The van der Waals surface area contributed by atoms with Gasteiger partial charge in [0, 0.05) is 36.6 Å². The van der Waals surface area contributed by atoms with Gasteiger partial charge in [-0.05, 0) is 30.9 Å². The van der Waals surface area contributed by atoms with Crippen LogP contribution in [0, 0.1) is 12.8 Å². The molecule has 3 heterocycles. The molecule has 0 N–H and O–H groups in total. The van der Waals surface area contributed by atoms with Crippen molar-refractivity contribution in [2.24, 2.45) is 5.92 Å². The second kappa shape index (κ2) is 6.91. The molecular formula is C20H23N3O2S. The van der Waals surface area contributed by atoms with Gasteiger partial charge in [-0.15, -0.1) is 0 Å². The molecule has 136 valence electrons. The maximum absolute atomic E-state index is 13.1. The Morgan fingerprint density at radius 3 is 2.85 bits per heavy atom. The quantitative estimate of drug-likeness (QED) is 0.763. The van der Waals surface area contributed by atoms with E-state index in [1.165, 1.54) is 22.9 Å². The molecule has 2 aliphatic rings. The minimum Gasteiger partial charge on any atom is -0.338 e. The van der Waals surface area contributed by atoms with Crippen LogP contribution in [0.25, 0.3) is 0 Å². The Hall–Kier alpha value is -2.08. The third kappa shape index (κ3) is 2.96. The zero-order valence-electron chi connectivity index (χ0n) is 15.2. The molecule has 2 aliphatic heterocycles. The van der Waals surface area contributed by atoms with Crippen molar-refractivity contribution in [1.82, 2.24) is 14.5 Å². The maximum Gasteiger partial charge on any atom is 0.257 e. The third-order valence-corrected chi connectivity index (χ3v) is 6.53. The molecule has 1 aromatic heterocycles. The molecular weight excluding hydrogens is 346 g/mol. The summed E-state index contributed by atoms with van der Waals surface area (Å²) in [5.74, 6) is 0.682. The largest absolute Gasteiger partial charge is 0.338 e. The summed E-state index contributed by atoms with van der Waals surface area (Å²) in [6, 6.07) is 8.32. The van der Waals surface area contributed by atoms with Gasteiger partial charge in [-0.1, -0.05) is 43.0 Å². The van der Waals surface area contributed by atoms with E-state index in [1.54, 1.807) is 4.57 Å². The summed E-state index contributed by atoms with van der Waals surface area (Å²) in [7, 11) is 0. The van der Waals surface area contributed by atoms with E-state index in [2.05, 4.69) is 23.2 Å². The van der Waals surface area contributed by atoms with Gasteiger partial charge in [0.1, 0.15) is 0 Å². The lowest BCUT2D eigenvalue weighted by Gasteiger charge is -2.33. The Morgan fingerprint density at radius 2 is 2.08 bits per heavy atom. The number of hydrogen-bond donors (Lipinski definition) is 0. The van der Waals surface area contributed by atoms with Crippen LogP contribution >= 0.6 is 11.8 Å². The Morgan fingerprint density at radius 1 is 1.31 bits per heavy atom. The summed E-state index contributed by atoms with van der Waals surface area (Å²) < 4.78 is 1.71. The van der Waals surface area contributed by atoms with E-state index in [-0.39, 0.29) is 17.4 Å². The fraction of sp³-hybridized carbons (Fsp3) is 0.450. The van der Waals surface area contributed by atoms with Crippen LogP contribution in [0.4, 0.5) is 0 Å². The van der Waals surface area contributed by atoms with E-state index < -0.39 is 0 Å². The second-order valence-corrected chi connectivity index (χ2v) is 8.00. The van der Waals surface area contributed by atoms with E-state index in [9.17, 15) is 9.59 Å². The molecule has 0 saturated carbocycles. The molecule has 1 aromatic carbocycles. The number of carbonyl (C=O) groups excluding carboxylic acids is 1. The van der Waals surface area contributed by atoms with E-state index >= 15 is 0 Å². The Bertz CT molecular complexity index is 922. The number of hydrogen-bond acceptors (Lipinski definition) is 4. The highest BCUT2D eigenvalue weighted by Crippen LogP contribution is 2.28. The van der Waals surface area contributed by atoms with Crippen LogP contribution in [0.3, 0.4) is 0 Å². The van der Waals surface area contributed by atoms with Gasteiger partial charge in [0.25, 0.3) is 5.56 Å². The van der Waals surface area contributed by atoms with E-state index in [4.69, 9.17) is 0 Å². The van der Waals surface area contributed by atoms with Crippen LogP contribution < -0.4 is 5.56 Å². The Labute approximate surface area is 157 Å². The van der Waals surface area contributed by atoms with Crippen LogP contribution in [0.15, 0.2) is 34.2 Å². The smallest absolute Gasteiger partial charge is 0.257 e. The zero-order valence-corrected chi connectivity index (χ0v) is 16.0. The number of fused-ring (bicyclic) bond motifs is 2. The van der Waals surface area contributed by atoms with Gasteiger partial charge in [0.2, 0.25) is 5.91 Å². The average molecular weight is 369 g/mol. The molecule has 6 heteroatoms. The molecule has 0 bridgehead atoms. The highest BCUT2D eigenvalue weighted by molar-refractivity contribution is 7.99. The zero-order chi connectivity index (χ0) is 18.3. The second-order valence-electron chi connectivity index (χ2n) is 7.01. The Kier molecular flexibility index (Phi) is 4.61. The minimum atomic E-state index is -0.162. The van der Waals surface area contributed by atoms with E-state index in [0.29, 0.717) is 25.3 Å². The van der Waals surface area contributed by atoms with Gasteiger partial charge in [-0.25, -0.2) is 4.98 Å². The first kappa shape index (κ1) is 17.3. The number of thioether (sulfide) groups is 1. The highest BCUT2D eigenvalue weighted by atomic mass is 32.2. The van der Waals surface area contributed by atoms with E-state index in [0.717, 1.165) is 29.4 Å². The van der Waals surface area contributed by atoms with Crippen LogP contribution in [-0.4, -0.2) is 32.7 Å². The first-order chi connectivity index (χ1) is 12.6. The van der Waals surface area contributed by atoms with Crippen molar-refractivity contribution in [3.63, 3.8) is 0 Å². The molecule has 0 aliphatic carbocycles. The fourth-order valence-corrected chi connectivity index (χ4v) is 5.01. The van der Waals surface area contributed by atoms with Crippen LogP contribution in [0.5, 0.6) is 0 Å². The molecule has 5 nitrogen and oxygen atoms in total. The van der Waals surface area contributed by atoms with Gasteiger partial charge in [0.15, 0.2) is 5.16 Å². The van der Waals surface area contributed by atoms with Crippen molar-refractivity contribution in [2.45, 2.75) is 44.9 Å². The third-order valence-electron chi connectivity index (χ3n) is 5.40. The van der Waals surface area contributed by atoms with Crippen molar-refractivity contribution < 1.29 is 4.79 Å². The Balaban J connectivity index is 1.56. The van der Waals surface area contributed by atoms with E-state index in [1.807, 2.05) is 24.8 Å². The lowest BCUT2D eigenvalue weighted by Crippen LogP contribution is -2.44. The van der Waals surface area contributed by atoms with Crippen molar-refractivity contribution in [3.05, 3.63) is 57.0 Å². The first-order valence-electron chi connectivity index (χ1n) is 9.17. The van der Waals surface area contributed by atoms with Crippen molar-refractivity contribution in [1.29, 1.82) is 0 Å². The predicted molar refractivity (Wildman–Crippen MR) is 102 cm³/mol.